The maximum atomic E-state index is 2.50. The van der Waals surface area contributed by atoms with Crippen LogP contribution >= 0.6 is 0 Å². The van der Waals surface area contributed by atoms with E-state index >= 15 is 0 Å². The normalized spacial score (nSPS) is 23.0. The van der Waals surface area contributed by atoms with Crippen molar-refractivity contribution in [3.05, 3.63) is 41.6 Å². The molecule has 18 heavy (non-hydrogen) atoms. The molecule has 0 radical (unpaired) electrons. The first kappa shape index (κ1) is 10.4. The molecule has 4 rings (SSSR count). The predicted octanol–water partition coefficient (Wildman–Crippen LogP) is 2.82. The summed E-state index contributed by atoms with van der Waals surface area (Å²) in [7, 11) is 4.41. The maximum absolute atomic E-state index is 2.50. The fourth-order valence-electron chi connectivity index (χ4n) is 3.65. The molecular formula is C16H18N2. The quantitative estimate of drug-likeness (QED) is 0.685. The molecular weight excluding hydrogens is 220 g/mol. The second kappa shape index (κ2) is 3.48. The summed E-state index contributed by atoms with van der Waals surface area (Å²) in [4.78, 5) is 2.50. The molecule has 2 nitrogen and oxygen atoms in total. The number of benzene rings is 1. The molecule has 0 amide bonds. The molecule has 0 saturated carbocycles. The molecule has 1 aromatic heterocycles. The average Bonchev–Trinajstić information content (AvgIpc) is 2.70. The third-order valence-electron chi connectivity index (χ3n) is 4.55. The fourth-order valence-corrected chi connectivity index (χ4v) is 3.65. The SMILES string of the molecule is CN1CCC=C2c3cccc4c3c(cn4C)CC21. The first-order valence-corrected chi connectivity index (χ1v) is 6.73. The van der Waals surface area contributed by atoms with Crippen molar-refractivity contribution in [1.82, 2.24) is 9.47 Å². The van der Waals surface area contributed by atoms with Crippen molar-refractivity contribution in [2.75, 3.05) is 13.6 Å². The molecule has 0 bridgehead atoms. The Labute approximate surface area is 108 Å². The average molecular weight is 238 g/mol. The molecule has 1 aliphatic heterocycles. The molecule has 2 aliphatic rings. The highest BCUT2D eigenvalue weighted by Crippen LogP contribution is 2.40. The lowest BCUT2D eigenvalue weighted by Crippen LogP contribution is -2.39. The van der Waals surface area contributed by atoms with Gasteiger partial charge in [0, 0.05) is 36.7 Å². The van der Waals surface area contributed by atoms with E-state index in [1.807, 2.05) is 0 Å². The summed E-state index contributed by atoms with van der Waals surface area (Å²) >= 11 is 0. The Bertz CT molecular complexity index is 663. The monoisotopic (exact) mass is 238 g/mol. The summed E-state index contributed by atoms with van der Waals surface area (Å²) in [6, 6.07) is 7.30. The van der Waals surface area contributed by atoms with Crippen molar-refractivity contribution in [3.63, 3.8) is 0 Å². The van der Waals surface area contributed by atoms with E-state index in [2.05, 4.69) is 54.0 Å². The van der Waals surface area contributed by atoms with Crippen LogP contribution in [0, 0.1) is 0 Å². The highest BCUT2D eigenvalue weighted by atomic mass is 15.1. The van der Waals surface area contributed by atoms with Crippen molar-refractivity contribution in [2.24, 2.45) is 7.05 Å². The van der Waals surface area contributed by atoms with Crippen LogP contribution in [0.1, 0.15) is 17.5 Å². The standard InChI is InChI=1S/C16H18N2/c1-17-8-4-6-12-13-5-3-7-14-16(13)11(9-15(12)17)10-18(14)2/h3,5-7,10,15H,4,8-9H2,1-2H3. The molecule has 0 fully saturated rings. The number of hydrogen-bond donors (Lipinski definition) is 0. The Kier molecular flexibility index (Phi) is 2.01. The molecule has 1 aliphatic carbocycles. The Balaban J connectivity index is 2.05. The summed E-state index contributed by atoms with van der Waals surface area (Å²) in [5.41, 5.74) is 5.90. The van der Waals surface area contributed by atoms with E-state index in [0.717, 1.165) is 6.42 Å². The van der Waals surface area contributed by atoms with E-state index < -0.39 is 0 Å². The minimum atomic E-state index is 0.583. The second-order valence-electron chi connectivity index (χ2n) is 5.61. The largest absolute Gasteiger partial charge is 0.350 e. The molecule has 1 atom stereocenters. The van der Waals surface area contributed by atoms with Crippen LogP contribution in [-0.2, 0) is 13.5 Å². The van der Waals surface area contributed by atoms with Crippen LogP contribution in [0.2, 0.25) is 0 Å². The zero-order chi connectivity index (χ0) is 12.3. The van der Waals surface area contributed by atoms with Crippen molar-refractivity contribution in [2.45, 2.75) is 18.9 Å². The number of likely N-dealkylation sites (N-methyl/N-ethyl adjacent to an activating group) is 1. The first-order chi connectivity index (χ1) is 8.75. The topological polar surface area (TPSA) is 8.17 Å². The van der Waals surface area contributed by atoms with Gasteiger partial charge in [-0.25, -0.2) is 0 Å². The number of aryl methyl sites for hydroxylation is 1. The lowest BCUT2D eigenvalue weighted by molar-refractivity contribution is 0.282. The van der Waals surface area contributed by atoms with Crippen molar-refractivity contribution < 1.29 is 0 Å². The van der Waals surface area contributed by atoms with E-state index in [9.17, 15) is 0 Å². The third kappa shape index (κ3) is 1.21. The van der Waals surface area contributed by atoms with Crippen LogP contribution in [0.4, 0.5) is 0 Å². The number of nitrogens with zero attached hydrogens (tertiary/aromatic N) is 2. The van der Waals surface area contributed by atoms with Gasteiger partial charge in [-0.3, -0.25) is 4.90 Å². The minimum Gasteiger partial charge on any atom is -0.350 e. The summed E-state index contributed by atoms with van der Waals surface area (Å²) in [5, 5.41) is 1.48. The Morgan fingerprint density at radius 2 is 2.11 bits per heavy atom. The highest BCUT2D eigenvalue weighted by molar-refractivity contribution is 5.98. The smallest absolute Gasteiger partial charge is 0.0486 e. The van der Waals surface area contributed by atoms with E-state index in [4.69, 9.17) is 0 Å². The summed E-state index contributed by atoms with van der Waals surface area (Å²) in [5.74, 6) is 0. The summed E-state index contributed by atoms with van der Waals surface area (Å²) in [6.07, 6.45) is 7.11. The van der Waals surface area contributed by atoms with Crippen LogP contribution in [0.3, 0.4) is 0 Å². The van der Waals surface area contributed by atoms with E-state index in [1.54, 1.807) is 5.57 Å². The molecule has 2 heteroatoms. The molecule has 1 aromatic carbocycles. The van der Waals surface area contributed by atoms with E-state index in [0.29, 0.717) is 6.04 Å². The second-order valence-corrected chi connectivity index (χ2v) is 5.61. The van der Waals surface area contributed by atoms with Crippen LogP contribution in [0.25, 0.3) is 16.5 Å². The van der Waals surface area contributed by atoms with Gasteiger partial charge < -0.3 is 4.57 Å². The molecule has 1 unspecified atom stereocenters. The maximum Gasteiger partial charge on any atom is 0.0486 e. The number of fused-ring (bicyclic) bond motifs is 2. The Hall–Kier alpha value is -1.54. The number of aromatic nitrogens is 1. The molecule has 0 saturated heterocycles. The molecule has 2 heterocycles. The van der Waals surface area contributed by atoms with E-state index in [-0.39, 0.29) is 0 Å². The van der Waals surface area contributed by atoms with Crippen LogP contribution in [0.5, 0.6) is 0 Å². The van der Waals surface area contributed by atoms with Crippen molar-refractivity contribution in [1.29, 1.82) is 0 Å². The van der Waals surface area contributed by atoms with Gasteiger partial charge in [0.1, 0.15) is 0 Å². The third-order valence-corrected chi connectivity index (χ3v) is 4.55. The Morgan fingerprint density at radius 1 is 1.22 bits per heavy atom. The van der Waals surface area contributed by atoms with Gasteiger partial charge in [0.15, 0.2) is 0 Å². The Morgan fingerprint density at radius 3 is 3.00 bits per heavy atom. The van der Waals surface area contributed by atoms with Gasteiger partial charge in [-0.05, 0) is 42.7 Å². The van der Waals surface area contributed by atoms with Gasteiger partial charge >= 0.3 is 0 Å². The van der Waals surface area contributed by atoms with Crippen LogP contribution in [0.15, 0.2) is 30.5 Å². The molecule has 92 valence electrons. The van der Waals surface area contributed by atoms with E-state index in [1.165, 1.54) is 35.0 Å². The first-order valence-electron chi connectivity index (χ1n) is 6.73. The summed E-state index contributed by atoms with van der Waals surface area (Å²) < 4.78 is 2.27. The van der Waals surface area contributed by atoms with Gasteiger partial charge in [0.2, 0.25) is 0 Å². The van der Waals surface area contributed by atoms with Gasteiger partial charge in [-0.2, -0.15) is 0 Å². The van der Waals surface area contributed by atoms with Crippen molar-refractivity contribution >= 4 is 16.5 Å². The summed E-state index contributed by atoms with van der Waals surface area (Å²) in [6.45, 7) is 1.19. The zero-order valence-corrected chi connectivity index (χ0v) is 11.0. The van der Waals surface area contributed by atoms with Gasteiger partial charge in [0.25, 0.3) is 0 Å². The van der Waals surface area contributed by atoms with Crippen LogP contribution < -0.4 is 0 Å². The van der Waals surface area contributed by atoms with Gasteiger partial charge in [-0.1, -0.05) is 18.2 Å². The number of rotatable bonds is 0. The lowest BCUT2D eigenvalue weighted by atomic mass is 9.82. The van der Waals surface area contributed by atoms with Gasteiger partial charge in [-0.15, -0.1) is 0 Å². The molecule has 0 N–H and O–H groups in total. The molecule has 0 spiro atoms. The van der Waals surface area contributed by atoms with Gasteiger partial charge in [0.05, 0.1) is 0 Å². The van der Waals surface area contributed by atoms with Crippen molar-refractivity contribution in [3.8, 4) is 0 Å². The predicted molar refractivity (Wildman–Crippen MR) is 75.6 cm³/mol. The lowest BCUT2D eigenvalue weighted by Gasteiger charge is -2.36. The fraction of sp³-hybridized carbons (Fsp3) is 0.375. The minimum absolute atomic E-state index is 0.583. The molecule has 2 aromatic rings. The van der Waals surface area contributed by atoms with Crippen LogP contribution in [-0.4, -0.2) is 29.1 Å². The number of hydrogen-bond acceptors (Lipinski definition) is 1. The zero-order valence-electron chi connectivity index (χ0n) is 11.0. The highest BCUT2D eigenvalue weighted by Gasteiger charge is 2.30.